The largest absolute Gasteiger partial charge is 0.251 e. The van der Waals surface area contributed by atoms with E-state index < -0.39 is 0 Å². The normalized spacial score (nSPS) is 11.7. The summed E-state index contributed by atoms with van der Waals surface area (Å²) in [7, 11) is 0. The standard InChI is InChI=1S/C44H68N2.Ni/c1-7-13-14-15-16-17-18-19-20-21-22-23-24-25-26-27-28-29-30-44(46-42-34-32-38(9-3)40(11-5)36-42)43(12-6)45-41-33-31-37(8-2)39(10-4)35-41;/h31-36H,7-28H2,1-6H3;. The van der Waals surface area contributed by atoms with Crippen molar-refractivity contribution in [3.05, 3.63) is 58.7 Å². The molecule has 0 aliphatic rings. The van der Waals surface area contributed by atoms with Gasteiger partial charge in [0, 0.05) is 22.9 Å². The molecule has 0 atom stereocenters. The van der Waals surface area contributed by atoms with Crippen molar-refractivity contribution in [2.45, 2.75) is 183 Å². The monoisotopic (exact) mass is 682 g/mol. The Morgan fingerprint density at radius 3 is 1.30 bits per heavy atom. The molecule has 0 bridgehead atoms. The molecule has 2 rings (SSSR count). The van der Waals surface area contributed by atoms with Crippen LogP contribution < -0.4 is 0 Å². The zero-order valence-electron chi connectivity index (χ0n) is 31.2. The van der Waals surface area contributed by atoms with Crippen LogP contribution in [0.15, 0.2) is 46.4 Å². The number of hydrogen-bond donors (Lipinski definition) is 0. The first-order valence-electron chi connectivity index (χ1n) is 19.5. The molecule has 0 aliphatic heterocycles. The molecular weight excluding hydrogens is 615 g/mol. The Labute approximate surface area is 301 Å². The minimum atomic E-state index is 0. The molecule has 0 fully saturated rings. The van der Waals surface area contributed by atoms with Crippen LogP contribution in [0.25, 0.3) is 0 Å². The first kappa shape index (κ1) is 42.9. The molecule has 0 heterocycles. The Morgan fingerprint density at radius 2 is 0.894 bits per heavy atom. The average Bonchev–Trinajstić information content (AvgIpc) is 3.09. The van der Waals surface area contributed by atoms with E-state index >= 15 is 0 Å². The Kier molecular flexibility index (Phi) is 25.3. The van der Waals surface area contributed by atoms with Crippen LogP contribution in [0, 0.1) is 11.8 Å². The molecule has 0 radical (unpaired) electrons. The topological polar surface area (TPSA) is 24.7 Å². The predicted molar refractivity (Wildman–Crippen MR) is 207 cm³/mol. The van der Waals surface area contributed by atoms with Crippen LogP contribution in [0.1, 0.15) is 179 Å². The number of aliphatic imine (C=N–C) groups is 2. The molecule has 264 valence electrons. The van der Waals surface area contributed by atoms with E-state index in [-0.39, 0.29) is 16.5 Å². The minimum absolute atomic E-state index is 0. The number of hydrogen-bond acceptors (Lipinski definition) is 2. The van der Waals surface area contributed by atoms with E-state index in [4.69, 9.17) is 9.98 Å². The predicted octanol–water partition coefficient (Wildman–Crippen LogP) is 13.8. The average molecular weight is 684 g/mol. The van der Waals surface area contributed by atoms with Gasteiger partial charge in [0.1, 0.15) is 5.71 Å². The SMILES string of the molecule is CCCCCCCCCCCCCCCCCCC#CC(=Nc1ccc(CC)c(CC)c1)C(CC)=Nc1ccc(CC)c(CC)c1.[Ni]. The third kappa shape index (κ3) is 17.7. The molecule has 0 N–H and O–H groups in total. The summed E-state index contributed by atoms with van der Waals surface area (Å²) in [6, 6.07) is 13.3. The van der Waals surface area contributed by atoms with E-state index in [1.54, 1.807) is 0 Å². The first-order chi connectivity index (χ1) is 22.6. The van der Waals surface area contributed by atoms with Crippen LogP contribution in [0.5, 0.6) is 0 Å². The van der Waals surface area contributed by atoms with Crippen LogP contribution in [0.2, 0.25) is 0 Å². The quantitative estimate of drug-likeness (QED) is 0.0455. The van der Waals surface area contributed by atoms with Crippen LogP contribution >= 0.6 is 0 Å². The van der Waals surface area contributed by atoms with Crippen LogP contribution in [-0.4, -0.2) is 11.4 Å². The molecule has 47 heavy (non-hydrogen) atoms. The van der Waals surface area contributed by atoms with Gasteiger partial charge in [-0.15, -0.1) is 0 Å². The number of unbranched alkanes of at least 4 members (excludes halogenated alkanes) is 16. The molecule has 0 spiro atoms. The summed E-state index contributed by atoms with van der Waals surface area (Å²) in [5.74, 6) is 6.96. The smallest absolute Gasteiger partial charge is 0.135 e. The third-order valence-corrected chi connectivity index (χ3v) is 9.38. The summed E-state index contributed by atoms with van der Waals surface area (Å²) >= 11 is 0. The zero-order valence-corrected chi connectivity index (χ0v) is 32.2. The molecule has 0 amide bonds. The van der Waals surface area contributed by atoms with Crippen LogP contribution in [0.4, 0.5) is 11.4 Å². The van der Waals surface area contributed by atoms with Crippen molar-refractivity contribution in [3.63, 3.8) is 0 Å². The summed E-state index contributed by atoms with van der Waals surface area (Å²) < 4.78 is 0. The summed E-state index contributed by atoms with van der Waals surface area (Å²) in [4.78, 5) is 10.2. The van der Waals surface area contributed by atoms with Gasteiger partial charge < -0.3 is 0 Å². The van der Waals surface area contributed by atoms with Crippen LogP contribution in [-0.2, 0) is 42.2 Å². The van der Waals surface area contributed by atoms with Crippen molar-refractivity contribution in [1.82, 2.24) is 0 Å². The van der Waals surface area contributed by atoms with E-state index in [9.17, 15) is 0 Å². The van der Waals surface area contributed by atoms with Crippen molar-refractivity contribution in [1.29, 1.82) is 0 Å². The molecule has 2 aromatic rings. The molecule has 0 aliphatic carbocycles. The van der Waals surface area contributed by atoms with Crippen molar-refractivity contribution in [2.75, 3.05) is 0 Å². The van der Waals surface area contributed by atoms with E-state index in [2.05, 4.69) is 89.8 Å². The second kappa shape index (κ2) is 27.8. The molecule has 0 unspecified atom stereocenters. The maximum atomic E-state index is 5.12. The summed E-state index contributed by atoms with van der Waals surface area (Å²) in [6.45, 7) is 13.4. The van der Waals surface area contributed by atoms with Crippen LogP contribution in [0.3, 0.4) is 0 Å². The van der Waals surface area contributed by atoms with Gasteiger partial charge in [-0.1, -0.05) is 156 Å². The van der Waals surface area contributed by atoms with Crippen molar-refractivity contribution >= 4 is 22.8 Å². The molecular formula is C44H68N2Ni. The third-order valence-electron chi connectivity index (χ3n) is 9.38. The zero-order chi connectivity index (χ0) is 33.2. The number of benzene rings is 2. The van der Waals surface area contributed by atoms with Crippen molar-refractivity contribution in [3.8, 4) is 11.8 Å². The Bertz CT molecular complexity index is 1230. The van der Waals surface area contributed by atoms with E-state index in [1.165, 1.54) is 125 Å². The Morgan fingerprint density at radius 1 is 0.489 bits per heavy atom. The molecule has 0 saturated heterocycles. The second-order valence-corrected chi connectivity index (χ2v) is 13.0. The number of aryl methyl sites for hydroxylation is 4. The fraction of sp³-hybridized carbons (Fsp3) is 0.636. The fourth-order valence-corrected chi connectivity index (χ4v) is 6.37. The molecule has 0 saturated carbocycles. The number of nitrogens with zero attached hydrogens (tertiary/aromatic N) is 2. The maximum absolute atomic E-state index is 5.12. The molecule has 2 nitrogen and oxygen atoms in total. The van der Waals surface area contributed by atoms with Gasteiger partial charge in [0.05, 0.1) is 17.1 Å². The van der Waals surface area contributed by atoms with Gasteiger partial charge in [-0.3, -0.25) is 4.99 Å². The summed E-state index contributed by atoms with van der Waals surface area (Å²) in [6.07, 6.45) is 28.1. The maximum Gasteiger partial charge on any atom is 0.135 e. The van der Waals surface area contributed by atoms with E-state index in [1.807, 2.05) is 0 Å². The van der Waals surface area contributed by atoms with Gasteiger partial charge in [0.15, 0.2) is 0 Å². The first-order valence-corrected chi connectivity index (χ1v) is 19.5. The summed E-state index contributed by atoms with van der Waals surface area (Å²) in [5, 5.41) is 0. The fourth-order valence-electron chi connectivity index (χ4n) is 6.37. The van der Waals surface area contributed by atoms with E-state index in [0.717, 1.165) is 61.3 Å². The second-order valence-electron chi connectivity index (χ2n) is 13.0. The molecule has 0 aromatic heterocycles. The number of rotatable bonds is 24. The van der Waals surface area contributed by atoms with Gasteiger partial charge in [0.25, 0.3) is 0 Å². The Hall–Kier alpha value is -2.17. The van der Waals surface area contributed by atoms with Gasteiger partial charge in [-0.25, -0.2) is 4.99 Å². The molecule has 3 heteroatoms. The van der Waals surface area contributed by atoms with Crippen molar-refractivity contribution < 1.29 is 16.5 Å². The van der Waals surface area contributed by atoms with Gasteiger partial charge in [-0.2, -0.15) is 0 Å². The summed E-state index contributed by atoms with van der Waals surface area (Å²) in [5.41, 5.74) is 9.37. The van der Waals surface area contributed by atoms with E-state index in [0.29, 0.717) is 0 Å². The van der Waals surface area contributed by atoms with Gasteiger partial charge >= 0.3 is 0 Å². The van der Waals surface area contributed by atoms with Crippen molar-refractivity contribution in [2.24, 2.45) is 9.98 Å². The minimum Gasteiger partial charge on any atom is -0.251 e. The Balaban J connectivity index is 0.0000110. The van der Waals surface area contributed by atoms with Gasteiger partial charge in [-0.05, 0) is 91.0 Å². The molecule has 2 aromatic carbocycles. The van der Waals surface area contributed by atoms with Gasteiger partial charge in [0.2, 0.25) is 0 Å².